The van der Waals surface area contributed by atoms with Gasteiger partial charge in [0.15, 0.2) is 5.58 Å². The maximum absolute atomic E-state index is 5.92. The fourth-order valence-corrected chi connectivity index (χ4v) is 4.66. The number of anilines is 1. The molecule has 4 heterocycles. The lowest BCUT2D eigenvalue weighted by Crippen LogP contribution is -2.35. The van der Waals surface area contributed by atoms with Crippen molar-refractivity contribution in [3.8, 4) is 16.5 Å². The average Bonchev–Trinajstić information content (AvgIpc) is 3.35. The van der Waals surface area contributed by atoms with Crippen molar-refractivity contribution in [1.29, 1.82) is 0 Å². The van der Waals surface area contributed by atoms with E-state index >= 15 is 0 Å². The summed E-state index contributed by atoms with van der Waals surface area (Å²) in [5.74, 6) is 1.05. The van der Waals surface area contributed by atoms with E-state index in [0.717, 1.165) is 58.3 Å². The van der Waals surface area contributed by atoms with Crippen molar-refractivity contribution < 1.29 is 9.15 Å². The lowest BCUT2D eigenvalue weighted by atomic mass is 9.98. The van der Waals surface area contributed by atoms with Gasteiger partial charge in [-0.05, 0) is 50.8 Å². The molecule has 0 atom stereocenters. The first-order chi connectivity index (χ1) is 14.7. The predicted molar refractivity (Wildman–Crippen MR) is 117 cm³/mol. The number of hydrogen-bond donors (Lipinski definition) is 0. The molecule has 1 saturated heterocycles. The quantitative estimate of drug-likeness (QED) is 0.464. The summed E-state index contributed by atoms with van der Waals surface area (Å²) in [5, 5.41) is 9.61. The SMILES string of the molecule is Cc1nc(C)c(-c2ccc(OCC3CCN(c4nc5ccccc5o4)CC3)nn2)s1. The van der Waals surface area contributed by atoms with Crippen LogP contribution >= 0.6 is 11.3 Å². The Kier molecular flexibility index (Phi) is 5.08. The highest BCUT2D eigenvalue weighted by atomic mass is 32.1. The van der Waals surface area contributed by atoms with Crippen molar-refractivity contribution >= 4 is 28.5 Å². The van der Waals surface area contributed by atoms with Crippen LogP contribution in [0, 0.1) is 19.8 Å². The van der Waals surface area contributed by atoms with Gasteiger partial charge in [0.1, 0.15) is 11.2 Å². The number of piperidine rings is 1. The highest BCUT2D eigenvalue weighted by molar-refractivity contribution is 7.15. The lowest BCUT2D eigenvalue weighted by Gasteiger charge is -2.30. The Bertz CT molecular complexity index is 1110. The van der Waals surface area contributed by atoms with E-state index in [2.05, 4.69) is 25.1 Å². The Balaban J connectivity index is 1.15. The fourth-order valence-electron chi connectivity index (χ4n) is 3.78. The van der Waals surface area contributed by atoms with E-state index in [1.54, 1.807) is 11.3 Å². The van der Waals surface area contributed by atoms with Crippen molar-refractivity contribution in [2.24, 2.45) is 5.92 Å². The summed E-state index contributed by atoms with van der Waals surface area (Å²) in [4.78, 5) is 12.3. The summed E-state index contributed by atoms with van der Waals surface area (Å²) in [6.45, 7) is 6.47. The number of fused-ring (bicyclic) bond motifs is 1. The normalized spacial score (nSPS) is 15.1. The molecule has 4 aromatic rings. The summed E-state index contributed by atoms with van der Waals surface area (Å²) in [5.41, 5.74) is 3.58. The third-order valence-electron chi connectivity index (χ3n) is 5.41. The van der Waals surface area contributed by atoms with Gasteiger partial charge in [-0.1, -0.05) is 12.1 Å². The van der Waals surface area contributed by atoms with Gasteiger partial charge < -0.3 is 14.1 Å². The Hall–Kier alpha value is -3.00. The van der Waals surface area contributed by atoms with Gasteiger partial charge in [-0.15, -0.1) is 21.5 Å². The van der Waals surface area contributed by atoms with Crippen LogP contribution in [0.2, 0.25) is 0 Å². The van der Waals surface area contributed by atoms with Crippen LogP contribution in [0.1, 0.15) is 23.5 Å². The summed E-state index contributed by atoms with van der Waals surface area (Å²) in [7, 11) is 0. The lowest BCUT2D eigenvalue weighted by molar-refractivity contribution is 0.213. The van der Waals surface area contributed by atoms with Gasteiger partial charge in [-0.3, -0.25) is 0 Å². The highest BCUT2D eigenvalue weighted by Crippen LogP contribution is 2.29. The molecule has 0 aliphatic carbocycles. The van der Waals surface area contributed by atoms with Crippen LogP contribution in [-0.2, 0) is 0 Å². The zero-order valence-electron chi connectivity index (χ0n) is 17.0. The molecule has 1 fully saturated rings. The molecule has 1 aliphatic heterocycles. The highest BCUT2D eigenvalue weighted by Gasteiger charge is 2.23. The fraction of sp³-hybridized carbons (Fsp3) is 0.364. The standard InChI is InChI=1S/C22H23N5O2S/c1-14-21(30-15(2)23-14)18-7-8-20(26-25-18)28-13-16-9-11-27(12-10-16)22-24-17-5-3-4-6-19(17)29-22/h3-8,16H,9-13H2,1-2H3. The molecule has 30 heavy (non-hydrogen) atoms. The third kappa shape index (κ3) is 3.87. The van der Waals surface area contributed by atoms with E-state index in [4.69, 9.17) is 9.15 Å². The minimum absolute atomic E-state index is 0.485. The van der Waals surface area contributed by atoms with Crippen LogP contribution in [0.5, 0.6) is 5.88 Å². The number of aryl methyl sites for hydroxylation is 2. The van der Waals surface area contributed by atoms with Gasteiger partial charge in [0.05, 0.1) is 22.2 Å². The number of ether oxygens (including phenoxy) is 1. The summed E-state index contributed by atoms with van der Waals surface area (Å²) < 4.78 is 11.8. The molecule has 8 heteroatoms. The van der Waals surface area contributed by atoms with Crippen molar-refractivity contribution in [1.82, 2.24) is 20.2 Å². The van der Waals surface area contributed by atoms with Gasteiger partial charge in [0.25, 0.3) is 6.01 Å². The summed E-state index contributed by atoms with van der Waals surface area (Å²) in [6.07, 6.45) is 2.06. The summed E-state index contributed by atoms with van der Waals surface area (Å²) >= 11 is 1.64. The van der Waals surface area contributed by atoms with E-state index in [9.17, 15) is 0 Å². The number of hydrogen-bond acceptors (Lipinski definition) is 8. The second-order valence-electron chi connectivity index (χ2n) is 7.61. The number of aromatic nitrogens is 4. The van der Waals surface area contributed by atoms with Gasteiger partial charge in [-0.2, -0.15) is 4.98 Å². The molecule has 0 N–H and O–H groups in total. The average molecular weight is 422 g/mol. The van der Waals surface area contributed by atoms with Gasteiger partial charge in [0.2, 0.25) is 5.88 Å². The zero-order chi connectivity index (χ0) is 20.5. The molecule has 0 unspecified atom stereocenters. The smallest absolute Gasteiger partial charge is 0.298 e. The molecule has 3 aromatic heterocycles. The number of nitrogens with zero attached hydrogens (tertiary/aromatic N) is 5. The summed E-state index contributed by atoms with van der Waals surface area (Å²) in [6, 6.07) is 12.4. The van der Waals surface area contributed by atoms with E-state index in [-0.39, 0.29) is 0 Å². The van der Waals surface area contributed by atoms with E-state index in [0.29, 0.717) is 24.4 Å². The monoisotopic (exact) mass is 421 g/mol. The van der Waals surface area contributed by atoms with Gasteiger partial charge in [-0.25, -0.2) is 4.98 Å². The van der Waals surface area contributed by atoms with Crippen LogP contribution in [0.15, 0.2) is 40.8 Å². The van der Waals surface area contributed by atoms with E-state index in [1.165, 1.54) is 0 Å². The van der Waals surface area contributed by atoms with E-state index < -0.39 is 0 Å². The molecular weight excluding hydrogens is 398 g/mol. The predicted octanol–water partition coefficient (Wildman–Crippen LogP) is 4.65. The molecule has 154 valence electrons. The molecular formula is C22H23N5O2S. The maximum atomic E-state index is 5.92. The third-order valence-corrected chi connectivity index (χ3v) is 6.51. The second kappa shape index (κ2) is 8.02. The molecule has 1 aromatic carbocycles. The minimum atomic E-state index is 0.485. The number of rotatable bonds is 5. The largest absolute Gasteiger partial charge is 0.476 e. The van der Waals surface area contributed by atoms with Crippen molar-refractivity contribution in [3.63, 3.8) is 0 Å². The molecule has 0 bridgehead atoms. The Morgan fingerprint density at radius 1 is 1.07 bits per heavy atom. The molecule has 1 aliphatic rings. The molecule has 0 spiro atoms. The molecule has 0 amide bonds. The first-order valence-electron chi connectivity index (χ1n) is 10.2. The van der Waals surface area contributed by atoms with Crippen molar-refractivity contribution in [2.45, 2.75) is 26.7 Å². The van der Waals surface area contributed by atoms with Crippen molar-refractivity contribution in [3.05, 3.63) is 47.1 Å². The molecule has 0 saturated carbocycles. The number of thiazole rings is 1. The number of benzene rings is 1. The molecule has 7 nitrogen and oxygen atoms in total. The Morgan fingerprint density at radius 2 is 1.90 bits per heavy atom. The van der Waals surface area contributed by atoms with Crippen LogP contribution in [-0.4, -0.2) is 39.9 Å². The second-order valence-corrected chi connectivity index (χ2v) is 8.81. The van der Waals surface area contributed by atoms with Gasteiger partial charge >= 0.3 is 0 Å². The Labute approximate surface area is 178 Å². The van der Waals surface area contributed by atoms with Gasteiger partial charge in [0, 0.05) is 19.2 Å². The zero-order valence-corrected chi connectivity index (χ0v) is 17.9. The number of oxazole rings is 1. The minimum Gasteiger partial charge on any atom is -0.476 e. The Morgan fingerprint density at radius 3 is 2.60 bits per heavy atom. The first kappa shape index (κ1) is 19.0. The molecule has 0 radical (unpaired) electrons. The molecule has 5 rings (SSSR count). The van der Waals surface area contributed by atoms with Crippen molar-refractivity contribution in [2.75, 3.05) is 24.6 Å². The maximum Gasteiger partial charge on any atom is 0.298 e. The van der Waals surface area contributed by atoms with E-state index in [1.807, 2.05) is 50.2 Å². The topological polar surface area (TPSA) is 77.2 Å². The van der Waals surface area contributed by atoms with Crippen LogP contribution in [0.25, 0.3) is 21.7 Å². The van der Waals surface area contributed by atoms with Crippen LogP contribution < -0.4 is 9.64 Å². The van der Waals surface area contributed by atoms with Crippen LogP contribution in [0.3, 0.4) is 0 Å². The number of para-hydroxylation sites is 2. The first-order valence-corrected chi connectivity index (χ1v) is 11.0. The van der Waals surface area contributed by atoms with Crippen LogP contribution in [0.4, 0.5) is 6.01 Å².